The van der Waals surface area contributed by atoms with Crippen LogP contribution in [0, 0.1) is 0 Å². The van der Waals surface area contributed by atoms with Crippen LogP contribution in [0.15, 0.2) is 0 Å². The number of rotatable bonds is 4. The zero-order valence-electron chi connectivity index (χ0n) is 10.5. The number of piperidine rings is 1. The van der Waals surface area contributed by atoms with E-state index in [9.17, 15) is 9.90 Å². The summed E-state index contributed by atoms with van der Waals surface area (Å²) in [5.74, 6) is -0.143. The molecule has 4 nitrogen and oxygen atoms in total. The highest BCUT2D eigenvalue weighted by Gasteiger charge is 2.30. The topological polar surface area (TPSA) is 49.8 Å². The minimum absolute atomic E-state index is 0.110. The van der Waals surface area contributed by atoms with Gasteiger partial charge in [-0.3, -0.25) is 9.69 Å². The first kappa shape index (κ1) is 13.5. The van der Waals surface area contributed by atoms with Crippen molar-refractivity contribution in [2.24, 2.45) is 0 Å². The number of methoxy groups -OCH3 is 1. The van der Waals surface area contributed by atoms with Gasteiger partial charge in [0.1, 0.15) is 6.04 Å². The molecule has 0 amide bonds. The highest BCUT2D eigenvalue weighted by molar-refractivity contribution is 5.75. The van der Waals surface area contributed by atoms with Gasteiger partial charge in [-0.2, -0.15) is 0 Å². The van der Waals surface area contributed by atoms with Gasteiger partial charge in [-0.15, -0.1) is 0 Å². The normalized spacial score (nSPS) is 23.1. The van der Waals surface area contributed by atoms with E-state index in [2.05, 4.69) is 4.90 Å². The molecule has 1 fully saturated rings. The molecule has 1 heterocycles. The van der Waals surface area contributed by atoms with Crippen LogP contribution in [-0.4, -0.2) is 47.8 Å². The molecule has 0 aromatic carbocycles. The van der Waals surface area contributed by atoms with Crippen LogP contribution in [0.25, 0.3) is 0 Å². The fourth-order valence-corrected chi connectivity index (χ4v) is 2.08. The van der Waals surface area contributed by atoms with Crippen LogP contribution in [0.4, 0.5) is 0 Å². The number of ether oxygens (including phenoxy) is 1. The Labute approximate surface area is 97.6 Å². The Kier molecular flexibility index (Phi) is 4.74. The standard InChI is InChI=1S/C12H23NO3/c1-12(2,15)7-9-13-8-5-4-6-10(13)11(14)16-3/h10,15H,4-9H2,1-3H3. The van der Waals surface area contributed by atoms with Crippen molar-refractivity contribution < 1.29 is 14.6 Å². The molecule has 4 heteroatoms. The van der Waals surface area contributed by atoms with Crippen molar-refractivity contribution in [3.63, 3.8) is 0 Å². The molecular weight excluding hydrogens is 206 g/mol. The van der Waals surface area contributed by atoms with Gasteiger partial charge in [0.05, 0.1) is 12.7 Å². The maximum atomic E-state index is 11.6. The lowest BCUT2D eigenvalue weighted by molar-refractivity contribution is -0.148. The third-order valence-electron chi connectivity index (χ3n) is 3.10. The molecular formula is C12H23NO3. The number of hydrogen-bond donors (Lipinski definition) is 1. The summed E-state index contributed by atoms with van der Waals surface area (Å²) < 4.78 is 4.81. The summed E-state index contributed by atoms with van der Waals surface area (Å²) >= 11 is 0. The second-order valence-corrected chi connectivity index (χ2v) is 5.13. The fraction of sp³-hybridized carbons (Fsp3) is 0.917. The molecule has 1 aliphatic heterocycles. The first-order valence-electron chi connectivity index (χ1n) is 5.98. The van der Waals surface area contributed by atoms with E-state index in [0.29, 0.717) is 6.42 Å². The van der Waals surface area contributed by atoms with Crippen molar-refractivity contribution in [3.8, 4) is 0 Å². The fourth-order valence-electron chi connectivity index (χ4n) is 2.08. The zero-order valence-corrected chi connectivity index (χ0v) is 10.5. The largest absolute Gasteiger partial charge is 0.468 e. The lowest BCUT2D eigenvalue weighted by Gasteiger charge is -2.35. The van der Waals surface area contributed by atoms with Gasteiger partial charge in [0, 0.05) is 6.54 Å². The van der Waals surface area contributed by atoms with Crippen molar-refractivity contribution in [3.05, 3.63) is 0 Å². The second-order valence-electron chi connectivity index (χ2n) is 5.13. The van der Waals surface area contributed by atoms with Gasteiger partial charge >= 0.3 is 5.97 Å². The van der Waals surface area contributed by atoms with Crippen molar-refractivity contribution in [2.75, 3.05) is 20.2 Å². The van der Waals surface area contributed by atoms with Crippen LogP contribution >= 0.6 is 0 Å². The molecule has 0 aromatic rings. The SMILES string of the molecule is COC(=O)C1CCCCN1CCC(C)(C)O. The quantitative estimate of drug-likeness (QED) is 0.735. The number of esters is 1. The Morgan fingerprint density at radius 2 is 2.19 bits per heavy atom. The number of likely N-dealkylation sites (tertiary alicyclic amines) is 1. The van der Waals surface area contributed by atoms with Crippen LogP contribution in [0.5, 0.6) is 0 Å². The lowest BCUT2D eigenvalue weighted by Crippen LogP contribution is -2.46. The molecule has 0 aliphatic carbocycles. The Bertz CT molecular complexity index is 235. The van der Waals surface area contributed by atoms with E-state index in [-0.39, 0.29) is 12.0 Å². The highest BCUT2D eigenvalue weighted by Crippen LogP contribution is 2.20. The molecule has 1 atom stereocenters. The van der Waals surface area contributed by atoms with Crippen molar-refractivity contribution in [2.45, 2.75) is 51.2 Å². The monoisotopic (exact) mass is 229 g/mol. The predicted molar refractivity (Wildman–Crippen MR) is 62.1 cm³/mol. The van der Waals surface area contributed by atoms with Gasteiger partial charge in [-0.25, -0.2) is 0 Å². The summed E-state index contributed by atoms with van der Waals surface area (Å²) in [7, 11) is 1.44. The third-order valence-corrected chi connectivity index (χ3v) is 3.10. The zero-order chi connectivity index (χ0) is 12.2. The van der Waals surface area contributed by atoms with E-state index >= 15 is 0 Å². The van der Waals surface area contributed by atoms with Gasteiger partial charge in [-0.05, 0) is 39.7 Å². The minimum Gasteiger partial charge on any atom is -0.468 e. The van der Waals surface area contributed by atoms with Crippen molar-refractivity contribution >= 4 is 5.97 Å². The molecule has 0 bridgehead atoms. The minimum atomic E-state index is -0.669. The average Bonchev–Trinajstić information content (AvgIpc) is 2.25. The summed E-state index contributed by atoms with van der Waals surface area (Å²) in [6.07, 6.45) is 3.76. The Hall–Kier alpha value is -0.610. The summed E-state index contributed by atoms with van der Waals surface area (Å²) in [6, 6.07) is -0.110. The van der Waals surface area contributed by atoms with Gasteiger partial charge in [0.25, 0.3) is 0 Å². The molecule has 94 valence electrons. The summed E-state index contributed by atoms with van der Waals surface area (Å²) in [6.45, 7) is 5.27. The maximum absolute atomic E-state index is 11.6. The molecule has 16 heavy (non-hydrogen) atoms. The van der Waals surface area contributed by atoms with E-state index in [1.165, 1.54) is 7.11 Å². The molecule has 0 radical (unpaired) electrons. The molecule has 1 aliphatic rings. The highest BCUT2D eigenvalue weighted by atomic mass is 16.5. The maximum Gasteiger partial charge on any atom is 0.323 e. The average molecular weight is 229 g/mol. The summed E-state index contributed by atoms with van der Waals surface area (Å²) in [4.78, 5) is 13.7. The summed E-state index contributed by atoms with van der Waals surface area (Å²) in [5, 5.41) is 9.69. The molecule has 1 unspecified atom stereocenters. The van der Waals surface area contributed by atoms with Crippen LogP contribution in [-0.2, 0) is 9.53 Å². The molecule has 0 spiro atoms. The Morgan fingerprint density at radius 3 is 2.75 bits per heavy atom. The number of aliphatic hydroxyl groups is 1. The smallest absolute Gasteiger partial charge is 0.323 e. The molecule has 1 saturated heterocycles. The number of hydrogen-bond acceptors (Lipinski definition) is 4. The van der Waals surface area contributed by atoms with E-state index in [1.807, 2.05) is 0 Å². The number of carbonyl (C=O) groups excluding carboxylic acids is 1. The number of nitrogens with zero attached hydrogens (tertiary/aromatic N) is 1. The van der Waals surface area contributed by atoms with E-state index in [1.54, 1.807) is 13.8 Å². The van der Waals surface area contributed by atoms with Gasteiger partial charge in [-0.1, -0.05) is 6.42 Å². The van der Waals surface area contributed by atoms with E-state index in [0.717, 1.165) is 32.4 Å². The number of carbonyl (C=O) groups is 1. The van der Waals surface area contributed by atoms with Crippen molar-refractivity contribution in [1.29, 1.82) is 0 Å². The third kappa shape index (κ3) is 4.10. The van der Waals surface area contributed by atoms with Gasteiger partial charge in [0.2, 0.25) is 0 Å². The molecule has 1 N–H and O–H groups in total. The Balaban J connectivity index is 2.50. The van der Waals surface area contributed by atoms with Crippen LogP contribution in [0.1, 0.15) is 39.5 Å². The molecule has 0 saturated carbocycles. The van der Waals surface area contributed by atoms with Gasteiger partial charge in [0.15, 0.2) is 0 Å². The second kappa shape index (κ2) is 5.64. The summed E-state index contributed by atoms with van der Waals surface area (Å²) in [5.41, 5.74) is -0.669. The van der Waals surface area contributed by atoms with Crippen LogP contribution < -0.4 is 0 Å². The van der Waals surface area contributed by atoms with Crippen LogP contribution in [0.2, 0.25) is 0 Å². The molecule has 0 aromatic heterocycles. The first-order chi connectivity index (χ1) is 7.44. The Morgan fingerprint density at radius 1 is 1.50 bits per heavy atom. The van der Waals surface area contributed by atoms with E-state index < -0.39 is 5.60 Å². The van der Waals surface area contributed by atoms with Crippen LogP contribution in [0.3, 0.4) is 0 Å². The first-order valence-corrected chi connectivity index (χ1v) is 5.98. The van der Waals surface area contributed by atoms with Crippen molar-refractivity contribution in [1.82, 2.24) is 4.90 Å². The lowest BCUT2D eigenvalue weighted by atomic mass is 9.99. The van der Waals surface area contributed by atoms with Gasteiger partial charge < -0.3 is 9.84 Å². The molecule has 1 rings (SSSR count). The van der Waals surface area contributed by atoms with E-state index in [4.69, 9.17) is 4.74 Å². The predicted octanol–water partition coefficient (Wildman–Crippen LogP) is 1.17.